The summed E-state index contributed by atoms with van der Waals surface area (Å²) in [5.41, 5.74) is 7.23. The van der Waals surface area contributed by atoms with Gasteiger partial charge < -0.3 is 9.47 Å². The van der Waals surface area contributed by atoms with Gasteiger partial charge in [0.1, 0.15) is 5.82 Å². The standard InChI is InChI=1S/C25H24N4O/c1-17-7-6-8-21(14-17)29-24(27-9-4-5-10-27)22-15-28(16-23(22)26-29)25(30)20-12-18(2)11-19(3)13-20/h4-14H,15-16H2,1-3H3. The summed E-state index contributed by atoms with van der Waals surface area (Å²) in [4.78, 5) is 15.1. The van der Waals surface area contributed by atoms with Crippen molar-refractivity contribution in [2.24, 2.45) is 0 Å². The minimum Gasteiger partial charge on any atom is -0.328 e. The average Bonchev–Trinajstić information content (AvgIpc) is 3.42. The van der Waals surface area contributed by atoms with Crippen molar-refractivity contribution in [1.82, 2.24) is 19.2 Å². The fourth-order valence-electron chi connectivity index (χ4n) is 4.31. The lowest BCUT2D eigenvalue weighted by molar-refractivity contribution is 0.0749. The zero-order chi connectivity index (χ0) is 20.8. The molecule has 2 aromatic carbocycles. The summed E-state index contributed by atoms with van der Waals surface area (Å²) in [5.74, 6) is 1.05. The van der Waals surface area contributed by atoms with Gasteiger partial charge in [-0.05, 0) is 62.7 Å². The lowest BCUT2D eigenvalue weighted by Crippen LogP contribution is -2.26. The van der Waals surface area contributed by atoms with Crippen LogP contribution in [0.15, 0.2) is 67.0 Å². The second kappa shape index (κ2) is 7.02. The van der Waals surface area contributed by atoms with Gasteiger partial charge in [0, 0.05) is 23.5 Å². The van der Waals surface area contributed by atoms with E-state index in [1.807, 2.05) is 66.2 Å². The Bertz CT molecular complexity index is 1230. The van der Waals surface area contributed by atoms with Crippen LogP contribution in [0.2, 0.25) is 0 Å². The van der Waals surface area contributed by atoms with Gasteiger partial charge in [-0.2, -0.15) is 5.10 Å². The van der Waals surface area contributed by atoms with Gasteiger partial charge in [0.15, 0.2) is 0 Å². The van der Waals surface area contributed by atoms with E-state index in [9.17, 15) is 4.79 Å². The maximum absolute atomic E-state index is 13.2. The summed E-state index contributed by atoms with van der Waals surface area (Å²) in [6.45, 7) is 7.22. The van der Waals surface area contributed by atoms with Gasteiger partial charge in [-0.15, -0.1) is 0 Å². The van der Waals surface area contributed by atoms with Gasteiger partial charge in [-0.1, -0.05) is 29.3 Å². The van der Waals surface area contributed by atoms with Crippen molar-refractivity contribution in [3.63, 3.8) is 0 Å². The summed E-state index contributed by atoms with van der Waals surface area (Å²) in [6, 6.07) is 18.4. The van der Waals surface area contributed by atoms with Gasteiger partial charge in [0.2, 0.25) is 0 Å². The maximum atomic E-state index is 13.2. The molecule has 0 atom stereocenters. The van der Waals surface area contributed by atoms with E-state index in [1.54, 1.807) is 0 Å². The van der Waals surface area contributed by atoms with Crippen LogP contribution in [0.5, 0.6) is 0 Å². The maximum Gasteiger partial charge on any atom is 0.254 e. The first-order chi connectivity index (χ1) is 14.5. The number of aryl methyl sites for hydroxylation is 3. The van der Waals surface area contributed by atoms with Crippen molar-refractivity contribution >= 4 is 5.91 Å². The SMILES string of the molecule is Cc1cc(C)cc(C(=O)N2Cc3nn(-c4cccc(C)c4)c(-n4cccc4)c3C2)c1. The molecule has 5 nitrogen and oxygen atoms in total. The molecule has 0 spiro atoms. The fourth-order valence-corrected chi connectivity index (χ4v) is 4.31. The summed E-state index contributed by atoms with van der Waals surface area (Å²) in [6.07, 6.45) is 4.05. The quantitative estimate of drug-likeness (QED) is 0.502. The second-order valence-corrected chi connectivity index (χ2v) is 8.13. The van der Waals surface area contributed by atoms with Gasteiger partial charge >= 0.3 is 0 Å². The molecule has 3 heterocycles. The van der Waals surface area contributed by atoms with Crippen molar-refractivity contribution in [3.05, 3.63) is 101 Å². The monoisotopic (exact) mass is 396 g/mol. The van der Waals surface area contributed by atoms with Gasteiger partial charge in [-0.3, -0.25) is 4.79 Å². The molecule has 30 heavy (non-hydrogen) atoms. The van der Waals surface area contributed by atoms with E-state index in [4.69, 9.17) is 5.10 Å². The number of carbonyl (C=O) groups is 1. The Morgan fingerprint density at radius 3 is 2.30 bits per heavy atom. The highest BCUT2D eigenvalue weighted by atomic mass is 16.2. The molecule has 5 rings (SSSR count). The topological polar surface area (TPSA) is 43.1 Å². The lowest BCUT2D eigenvalue weighted by atomic mass is 10.1. The summed E-state index contributed by atoms with van der Waals surface area (Å²) in [5, 5.41) is 4.92. The van der Waals surface area contributed by atoms with E-state index in [2.05, 4.69) is 35.8 Å². The molecule has 5 heteroatoms. The summed E-state index contributed by atoms with van der Waals surface area (Å²) < 4.78 is 4.08. The predicted octanol–water partition coefficient (Wildman–Crippen LogP) is 4.74. The Morgan fingerprint density at radius 1 is 0.867 bits per heavy atom. The van der Waals surface area contributed by atoms with Crippen molar-refractivity contribution in [2.75, 3.05) is 0 Å². The third kappa shape index (κ3) is 3.12. The van der Waals surface area contributed by atoms with Gasteiger partial charge in [0.05, 0.1) is 24.5 Å². The van der Waals surface area contributed by atoms with Crippen LogP contribution in [0.25, 0.3) is 11.5 Å². The number of carbonyl (C=O) groups excluding carboxylic acids is 1. The van der Waals surface area contributed by atoms with E-state index in [0.29, 0.717) is 13.1 Å². The van der Waals surface area contributed by atoms with E-state index in [-0.39, 0.29) is 5.91 Å². The van der Waals surface area contributed by atoms with E-state index < -0.39 is 0 Å². The lowest BCUT2D eigenvalue weighted by Gasteiger charge is -2.18. The van der Waals surface area contributed by atoms with E-state index in [1.165, 1.54) is 5.56 Å². The molecule has 0 N–H and O–H groups in total. The molecule has 1 aliphatic heterocycles. The zero-order valence-corrected chi connectivity index (χ0v) is 17.5. The molecule has 0 saturated heterocycles. The first kappa shape index (κ1) is 18.4. The number of amides is 1. The number of rotatable bonds is 3. The van der Waals surface area contributed by atoms with E-state index >= 15 is 0 Å². The van der Waals surface area contributed by atoms with Crippen LogP contribution in [0.3, 0.4) is 0 Å². The molecule has 4 aromatic rings. The van der Waals surface area contributed by atoms with Crippen molar-refractivity contribution in [2.45, 2.75) is 33.9 Å². The number of aromatic nitrogens is 3. The number of hydrogen-bond donors (Lipinski definition) is 0. The smallest absolute Gasteiger partial charge is 0.254 e. The molecule has 0 fully saturated rings. The van der Waals surface area contributed by atoms with E-state index in [0.717, 1.165) is 39.5 Å². The molecule has 0 saturated carbocycles. The largest absolute Gasteiger partial charge is 0.328 e. The summed E-state index contributed by atoms with van der Waals surface area (Å²) >= 11 is 0. The number of hydrogen-bond acceptors (Lipinski definition) is 2. The third-order valence-electron chi connectivity index (χ3n) is 5.58. The Morgan fingerprint density at radius 2 is 1.60 bits per heavy atom. The van der Waals surface area contributed by atoms with Crippen LogP contribution in [0.1, 0.15) is 38.3 Å². The van der Waals surface area contributed by atoms with Gasteiger partial charge in [-0.25, -0.2) is 4.68 Å². The molecule has 0 unspecified atom stereocenters. The first-order valence-corrected chi connectivity index (χ1v) is 10.2. The predicted molar refractivity (Wildman–Crippen MR) is 117 cm³/mol. The molecular weight excluding hydrogens is 372 g/mol. The zero-order valence-electron chi connectivity index (χ0n) is 17.5. The molecule has 1 aliphatic rings. The molecule has 0 aliphatic carbocycles. The highest BCUT2D eigenvalue weighted by Crippen LogP contribution is 2.31. The summed E-state index contributed by atoms with van der Waals surface area (Å²) in [7, 11) is 0. The highest BCUT2D eigenvalue weighted by molar-refractivity contribution is 5.95. The molecule has 0 bridgehead atoms. The minimum absolute atomic E-state index is 0.0559. The molecule has 0 radical (unpaired) electrons. The first-order valence-electron chi connectivity index (χ1n) is 10.2. The fraction of sp³-hybridized carbons (Fsp3) is 0.200. The number of fused-ring (bicyclic) bond motifs is 1. The van der Waals surface area contributed by atoms with Crippen LogP contribution in [-0.2, 0) is 13.1 Å². The molecule has 150 valence electrons. The second-order valence-electron chi connectivity index (χ2n) is 8.13. The number of benzene rings is 2. The number of nitrogens with zero attached hydrogens (tertiary/aromatic N) is 4. The van der Waals surface area contributed by atoms with Crippen molar-refractivity contribution in [1.29, 1.82) is 0 Å². The van der Waals surface area contributed by atoms with Crippen LogP contribution in [-0.4, -0.2) is 25.2 Å². The molecular formula is C25H24N4O. The third-order valence-corrected chi connectivity index (χ3v) is 5.58. The van der Waals surface area contributed by atoms with Crippen LogP contribution in [0.4, 0.5) is 0 Å². The van der Waals surface area contributed by atoms with Gasteiger partial charge in [0.25, 0.3) is 5.91 Å². The highest BCUT2D eigenvalue weighted by Gasteiger charge is 2.32. The Labute approximate surface area is 176 Å². The minimum atomic E-state index is 0.0559. The van der Waals surface area contributed by atoms with Crippen LogP contribution < -0.4 is 0 Å². The Kier molecular flexibility index (Phi) is 4.31. The normalized spacial score (nSPS) is 13.0. The van der Waals surface area contributed by atoms with Crippen LogP contribution in [0, 0.1) is 20.8 Å². The molecule has 1 amide bonds. The van der Waals surface area contributed by atoms with Crippen molar-refractivity contribution < 1.29 is 4.79 Å². The molecule has 2 aromatic heterocycles. The Hall–Kier alpha value is -3.60. The average molecular weight is 396 g/mol. The van der Waals surface area contributed by atoms with Crippen LogP contribution >= 0.6 is 0 Å². The van der Waals surface area contributed by atoms with Crippen molar-refractivity contribution in [3.8, 4) is 11.5 Å². The Balaban J connectivity index is 1.55.